The van der Waals surface area contributed by atoms with E-state index in [9.17, 15) is 4.79 Å². The summed E-state index contributed by atoms with van der Waals surface area (Å²) < 4.78 is 10.6. The molecule has 0 spiro atoms. The van der Waals surface area contributed by atoms with Crippen molar-refractivity contribution in [2.45, 2.75) is 38.6 Å². The zero-order valence-corrected chi connectivity index (χ0v) is 14.7. The number of fused-ring (bicyclic) bond motifs is 2. The van der Waals surface area contributed by atoms with Crippen molar-refractivity contribution in [1.82, 2.24) is 5.32 Å². The number of benzene rings is 1. The molecule has 0 aliphatic heterocycles. The molecule has 2 aliphatic rings. The maximum absolute atomic E-state index is 12.3. The van der Waals surface area contributed by atoms with Gasteiger partial charge < -0.3 is 14.8 Å². The van der Waals surface area contributed by atoms with Gasteiger partial charge in [0.25, 0.3) is 0 Å². The molecule has 0 heterocycles. The summed E-state index contributed by atoms with van der Waals surface area (Å²) in [5.41, 5.74) is 0.833. The zero-order chi connectivity index (χ0) is 17.1. The Kier molecular flexibility index (Phi) is 5.12. The average Bonchev–Trinajstić information content (AvgIpc) is 3.23. The molecule has 4 heteroatoms. The molecule has 4 nitrogen and oxygen atoms in total. The molecule has 130 valence electrons. The van der Waals surface area contributed by atoms with Gasteiger partial charge in [-0.05, 0) is 68.2 Å². The van der Waals surface area contributed by atoms with Crippen molar-refractivity contribution < 1.29 is 14.3 Å². The second kappa shape index (κ2) is 7.29. The molecule has 1 aromatic rings. The SMILES string of the molecule is COc1ccc(OC)c(C=CC(=O)NC(C)C2CC3CCC2C3)c1. The summed E-state index contributed by atoms with van der Waals surface area (Å²) in [5, 5.41) is 3.15. The highest BCUT2D eigenvalue weighted by molar-refractivity contribution is 5.92. The zero-order valence-electron chi connectivity index (χ0n) is 14.7. The lowest BCUT2D eigenvalue weighted by molar-refractivity contribution is -0.117. The second-order valence-corrected chi connectivity index (χ2v) is 7.08. The highest BCUT2D eigenvalue weighted by atomic mass is 16.5. The molecule has 4 unspecified atom stereocenters. The Morgan fingerprint density at radius 1 is 1.25 bits per heavy atom. The number of ether oxygens (including phenoxy) is 2. The van der Waals surface area contributed by atoms with E-state index in [0.717, 1.165) is 28.9 Å². The van der Waals surface area contributed by atoms with E-state index in [1.807, 2.05) is 18.2 Å². The molecule has 1 aromatic carbocycles. The first-order chi connectivity index (χ1) is 11.6. The third-order valence-electron chi connectivity index (χ3n) is 5.66. The summed E-state index contributed by atoms with van der Waals surface area (Å²) >= 11 is 0. The number of nitrogens with one attached hydrogen (secondary N) is 1. The van der Waals surface area contributed by atoms with Crippen LogP contribution in [-0.4, -0.2) is 26.2 Å². The van der Waals surface area contributed by atoms with Crippen LogP contribution in [0.15, 0.2) is 24.3 Å². The lowest BCUT2D eigenvalue weighted by atomic mass is 9.84. The monoisotopic (exact) mass is 329 g/mol. The first-order valence-electron chi connectivity index (χ1n) is 8.81. The maximum Gasteiger partial charge on any atom is 0.244 e. The van der Waals surface area contributed by atoms with Crippen molar-refractivity contribution in [3.05, 3.63) is 29.8 Å². The fourth-order valence-corrected chi connectivity index (χ4v) is 4.42. The lowest BCUT2D eigenvalue weighted by Gasteiger charge is -2.28. The van der Waals surface area contributed by atoms with E-state index in [-0.39, 0.29) is 11.9 Å². The molecule has 2 saturated carbocycles. The van der Waals surface area contributed by atoms with E-state index in [2.05, 4.69) is 12.2 Å². The van der Waals surface area contributed by atoms with E-state index < -0.39 is 0 Å². The molecule has 3 rings (SSSR count). The summed E-state index contributed by atoms with van der Waals surface area (Å²) in [7, 11) is 3.25. The third kappa shape index (κ3) is 3.58. The van der Waals surface area contributed by atoms with Crippen LogP contribution in [-0.2, 0) is 4.79 Å². The summed E-state index contributed by atoms with van der Waals surface area (Å²) in [6, 6.07) is 5.79. The Balaban J connectivity index is 1.61. The van der Waals surface area contributed by atoms with Crippen LogP contribution < -0.4 is 14.8 Å². The molecule has 0 saturated heterocycles. The first-order valence-corrected chi connectivity index (χ1v) is 8.81. The highest BCUT2D eigenvalue weighted by Gasteiger charge is 2.41. The number of carbonyl (C=O) groups excluding carboxylic acids is 1. The van der Waals surface area contributed by atoms with Gasteiger partial charge in [0.2, 0.25) is 5.91 Å². The molecule has 1 amide bonds. The van der Waals surface area contributed by atoms with Crippen molar-refractivity contribution in [3.8, 4) is 11.5 Å². The van der Waals surface area contributed by atoms with Gasteiger partial charge in [0.1, 0.15) is 11.5 Å². The van der Waals surface area contributed by atoms with Crippen LogP contribution in [0.5, 0.6) is 11.5 Å². The number of rotatable bonds is 6. The molecule has 0 aromatic heterocycles. The quantitative estimate of drug-likeness (QED) is 0.810. The molecule has 2 aliphatic carbocycles. The van der Waals surface area contributed by atoms with Gasteiger partial charge in [-0.2, -0.15) is 0 Å². The smallest absolute Gasteiger partial charge is 0.244 e. The van der Waals surface area contributed by atoms with E-state index >= 15 is 0 Å². The van der Waals surface area contributed by atoms with Gasteiger partial charge in [-0.15, -0.1) is 0 Å². The van der Waals surface area contributed by atoms with Crippen LogP contribution in [0, 0.1) is 17.8 Å². The van der Waals surface area contributed by atoms with Crippen LogP contribution in [0.1, 0.15) is 38.2 Å². The third-order valence-corrected chi connectivity index (χ3v) is 5.66. The Morgan fingerprint density at radius 2 is 2.08 bits per heavy atom. The fourth-order valence-electron chi connectivity index (χ4n) is 4.42. The second-order valence-electron chi connectivity index (χ2n) is 7.08. The predicted molar refractivity (Wildman–Crippen MR) is 95.1 cm³/mol. The predicted octanol–water partition coefficient (Wildman–Crippen LogP) is 3.66. The Morgan fingerprint density at radius 3 is 2.71 bits per heavy atom. The number of hydrogen-bond acceptors (Lipinski definition) is 3. The van der Waals surface area contributed by atoms with Crippen LogP contribution in [0.25, 0.3) is 6.08 Å². The van der Waals surface area contributed by atoms with Gasteiger partial charge in [-0.25, -0.2) is 0 Å². The molecule has 1 N–H and O–H groups in total. The van der Waals surface area contributed by atoms with Gasteiger partial charge in [-0.1, -0.05) is 6.42 Å². The van der Waals surface area contributed by atoms with E-state index in [0.29, 0.717) is 5.92 Å². The topological polar surface area (TPSA) is 47.6 Å². The highest BCUT2D eigenvalue weighted by Crippen LogP contribution is 2.49. The maximum atomic E-state index is 12.3. The normalized spacial score (nSPS) is 26.5. The van der Waals surface area contributed by atoms with Crippen LogP contribution in [0.3, 0.4) is 0 Å². The molecule has 2 bridgehead atoms. The van der Waals surface area contributed by atoms with E-state index in [4.69, 9.17) is 9.47 Å². The minimum absolute atomic E-state index is 0.0462. The molecule has 0 radical (unpaired) electrons. The van der Waals surface area contributed by atoms with Crippen molar-refractivity contribution >= 4 is 12.0 Å². The minimum atomic E-state index is -0.0462. The Hall–Kier alpha value is -1.97. The standard InChI is InChI=1S/C20H27NO3/c1-13(18-11-14-4-5-15(18)10-14)21-20(22)9-6-16-12-17(23-2)7-8-19(16)24-3/h6-9,12-15,18H,4-5,10-11H2,1-3H3,(H,21,22). The largest absolute Gasteiger partial charge is 0.497 e. The number of hydrogen-bond donors (Lipinski definition) is 1. The minimum Gasteiger partial charge on any atom is -0.497 e. The van der Waals surface area contributed by atoms with E-state index in [1.54, 1.807) is 26.4 Å². The average molecular weight is 329 g/mol. The van der Waals surface area contributed by atoms with Crippen molar-refractivity contribution in [3.63, 3.8) is 0 Å². The lowest BCUT2D eigenvalue weighted by Crippen LogP contribution is -2.39. The molecule has 24 heavy (non-hydrogen) atoms. The first kappa shape index (κ1) is 16.9. The van der Waals surface area contributed by atoms with Crippen LogP contribution in [0.4, 0.5) is 0 Å². The van der Waals surface area contributed by atoms with Crippen LogP contribution in [0.2, 0.25) is 0 Å². The number of amides is 1. The van der Waals surface area contributed by atoms with Gasteiger partial charge in [-0.3, -0.25) is 4.79 Å². The van der Waals surface area contributed by atoms with Crippen molar-refractivity contribution in [2.24, 2.45) is 17.8 Å². The Labute approximate surface area is 144 Å². The molecule has 4 atom stereocenters. The van der Waals surface area contributed by atoms with E-state index in [1.165, 1.54) is 25.7 Å². The molecule has 2 fully saturated rings. The molecular formula is C20H27NO3. The number of methoxy groups -OCH3 is 2. The van der Waals surface area contributed by atoms with Crippen molar-refractivity contribution in [1.29, 1.82) is 0 Å². The van der Waals surface area contributed by atoms with Gasteiger partial charge in [0.15, 0.2) is 0 Å². The fraction of sp³-hybridized carbons (Fsp3) is 0.550. The number of carbonyl (C=O) groups is 1. The van der Waals surface area contributed by atoms with Gasteiger partial charge >= 0.3 is 0 Å². The van der Waals surface area contributed by atoms with Gasteiger partial charge in [0.05, 0.1) is 14.2 Å². The van der Waals surface area contributed by atoms with Gasteiger partial charge in [0, 0.05) is 17.7 Å². The van der Waals surface area contributed by atoms with Crippen LogP contribution >= 0.6 is 0 Å². The summed E-state index contributed by atoms with van der Waals surface area (Å²) in [5.74, 6) is 3.78. The molecular weight excluding hydrogens is 302 g/mol. The summed E-state index contributed by atoms with van der Waals surface area (Å²) in [6.45, 7) is 2.14. The summed E-state index contributed by atoms with van der Waals surface area (Å²) in [4.78, 5) is 12.3. The Bertz CT molecular complexity index is 625. The van der Waals surface area contributed by atoms with Crippen molar-refractivity contribution in [2.75, 3.05) is 14.2 Å². The summed E-state index contributed by atoms with van der Waals surface area (Å²) in [6.07, 6.45) is 8.73.